The second-order valence-corrected chi connectivity index (χ2v) is 4.68. The lowest BCUT2D eigenvalue weighted by Gasteiger charge is -2.22. The van der Waals surface area contributed by atoms with Gasteiger partial charge < -0.3 is 14.8 Å². The summed E-state index contributed by atoms with van der Waals surface area (Å²) in [4.78, 5) is 6.69. The van der Waals surface area contributed by atoms with Crippen LogP contribution in [-0.4, -0.2) is 63.5 Å². The van der Waals surface area contributed by atoms with Crippen molar-refractivity contribution in [1.29, 1.82) is 0 Å². The van der Waals surface area contributed by atoms with E-state index in [0.717, 1.165) is 58.1 Å². The van der Waals surface area contributed by atoms with Crippen molar-refractivity contribution < 1.29 is 9.47 Å². The summed E-state index contributed by atoms with van der Waals surface area (Å²) in [5.74, 6) is 0. The van der Waals surface area contributed by atoms with E-state index >= 15 is 0 Å². The van der Waals surface area contributed by atoms with Gasteiger partial charge in [0.2, 0.25) is 0 Å². The van der Waals surface area contributed by atoms with Crippen LogP contribution in [0.5, 0.6) is 0 Å². The third-order valence-electron chi connectivity index (χ3n) is 3.07. The standard InChI is InChI=1S/C15H27N3O2/c1-19-12-5-9-18(11-13-20-2)10-8-16-14-15-6-3-4-7-17-15/h3-4,6-7,16H,5,8-14H2,1-2H3. The van der Waals surface area contributed by atoms with Crippen molar-refractivity contribution in [2.24, 2.45) is 0 Å². The number of rotatable bonds is 12. The van der Waals surface area contributed by atoms with Gasteiger partial charge in [0.1, 0.15) is 0 Å². The number of nitrogens with zero attached hydrogens (tertiary/aromatic N) is 2. The molecular weight excluding hydrogens is 254 g/mol. The van der Waals surface area contributed by atoms with Crippen molar-refractivity contribution in [3.05, 3.63) is 30.1 Å². The first-order valence-electron chi connectivity index (χ1n) is 7.17. The maximum absolute atomic E-state index is 5.15. The number of hydrogen-bond donors (Lipinski definition) is 1. The first-order valence-corrected chi connectivity index (χ1v) is 7.17. The molecule has 20 heavy (non-hydrogen) atoms. The molecule has 0 aliphatic heterocycles. The summed E-state index contributed by atoms with van der Waals surface area (Å²) in [6.07, 6.45) is 2.88. The minimum atomic E-state index is 0.771. The number of ether oxygens (including phenoxy) is 2. The van der Waals surface area contributed by atoms with Gasteiger partial charge in [-0.15, -0.1) is 0 Å². The maximum atomic E-state index is 5.15. The Bertz CT molecular complexity index is 322. The zero-order valence-electron chi connectivity index (χ0n) is 12.7. The molecule has 0 amide bonds. The van der Waals surface area contributed by atoms with Crippen LogP contribution in [0.2, 0.25) is 0 Å². The van der Waals surface area contributed by atoms with Gasteiger partial charge in [0, 0.05) is 59.7 Å². The van der Waals surface area contributed by atoms with E-state index in [1.165, 1.54) is 0 Å². The van der Waals surface area contributed by atoms with Crippen molar-refractivity contribution in [3.8, 4) is 0 Å². The summed E-state index contributed by atoms with van der Waals surface area (Å²) < 4.78 is 10.2. The molecule has 5 heteroatoms. The first kappa shape index (κ1) is 17.0. The molecule has 0 spiro atoms. The van der Waals surface area contributed by atoms with Crippen LogP contribution in [0.4, 0.5) is 0 Å². The highest BCUT2D eigenvalue weighted by atomic mass is 16.5. The van der Waals surface area contributed by atoms with Crippen molar-refractivity contribution in [1.82, 2.24) is 15.2 Å². The molecule has 0 fully saturated rings. The highest BCUT2D eigenvalue weighted by Gasteiger charge is 2.04. The average Bonchev–Trinajstić information content (AvgIpc) is 2.49. The van der Waals surface area contributed by atoms with E-state index in [4.69, 9.17) is 9.47 Å². The van der Waals surface area contributed by atoms with Crippen LogP contribution in [-0.2, 0) is 16.0 Å². The molecule has 0 radical (unpaired) electrons. The molecule has 114 valence electrons. The Hall–Kier alpha value is -1.01. The highest BCUT2D eigenvalue weighted by molar-refractivity contribution is 5.02. The van der Waals surface area contributed by atoms with Crippen molar-refractivity contribution >= 4 is 0 Å². The number of methoxy groups -OCH3 is 2. The summed E-state index contributed by atoms with van der Waals surface area (Å²) >= 11 is 0. The molecule has 5 nitrogen and oxygen atoms in total. The van der Waals surface area contributed by atoms with E-state index in [1.54, 1.807) is 14.2 Å². The summed E-state index contributed by atoms with van der Waals surface area (Å²) in [7, 11) is 3.49. The van der Waals surface area contributed by atoms with E-state index in [9.17, 15) is 0 Å². The highest BCUT2D eigenvalue weighted by Crippen LogP contribution is 1.94. The maximum Gasteiger partial charge on any atom is 0.0589 e. The molecule has 1 aromatic rings. The Morgan fingerprint density at radius 3 is 2.65 bits per heavy atom. The topological polar surface area (TPSA) is 46.6 Å². The predicted molar refractivity (Wildman–Crippen MR) is 80.8 cm³/mol. The average molecular weight is 281 g/mol. The number of aromatic nitrogens is 1. The minimum Gasteiger partial charge on any atom is -0.385 e. The largest absolute Gasteiger partial charge is 0.385 e. The molecule has 0 saturated carbocycles. The Kier molecular flexibility index (Phi) is 10.0. The zero-order valence-corrected chi connectivity index (χ0v) is 12.7. The van der Waals surface area contributed by atoms with Gasteiger partial charge in [-0.1, -0.05) is 6.07 Å². The van der Waals surface area contributed by atoms with Crippen LogP contribution < -0.4 is 5.32 Å². The van der Waals surface area contributed by atoms with Gasteiger partial charge in [-0.05, 0) is 18.6 Å². The lowest BCUT2D eigenvalue weighted by Crippen LogP contribution is -2.35. The summed E-state index contributed by atoms with van der Waals surface area (Å²) in [5, 5.41) is 3.42. The van der Waals surface area contributed by atoms with Crippen LogP contribution in [0.25, 0.3) is 0 Å². The smallest absolute Gasteiger partial charge is 0.0589 e. The molecule has 0 aliphatic carbocycles. The summed E-state index contributed by atoms with van der Waals surface area (Å²) in [5.41, 5.74) is 1.08. The third-order valence-corrected chi connectivity index (χ3v) is 3.07. The van der Waals surface area contributed by atoms with Gasteiger partial charge >= 0.3 is 0 Å². The normalized spacial score (nSPS) is 11.2. The molecule has 0 saturated heterocycles. The van der Waals surface area contributed by atoms with Crippen LogP contribution in [0, 0.1) is 0 Å². The molecule has 0 aliphatic rings. The van der Waals surface area contributed by atoms with Crippen LogP contribution >= 0.6 is 0 Å². The Morgan fingerprint density at radius 1 is 1.10 bits per heavy atom. The Balaban J connectivity index is 2.16. The van der Waals surface area contributed by atoms with Crippen molar-refractivity contribution in [2.75, 3.05) is 53.6 Å². The summed E-state index contributed by atoms with van der Waals surface area (Å²) in [6.45, 7) is 6.37. The SMILES string of the molecule is COCCCN(CCNCc1ccccn1)CCOC. The quantitative estimate of drug-likeness (QED) is 0.583. The fourth-order valence-electron chi connectivity index (χ4n) is 1.94. The monoisotopic (exact) mass is 281 g/mol. The van der Waals surface area contributed by atoms with Crippen LogP contribution in [0.3, 0.4) is 0 Å². The first-order chi connectivity index (χ1) is 9.86. The summed E-state index contributed by atoms with van der Waals surface area (Å²) in [6, 6.07) is 5.99. The van der Waals surface area contributed by atoms with E-state index in [-0.39, 0.29) is 0 Å². The minimum absolute atomic E-state index is 0.771. The molecule has 1 rings (SSSR count). The molecule has 0 atom stereocenters. The van der Waals surface area contributed by atoms with E-state index in [0.29, 0.717) is 0 Å². The fourth-order valence-corrected chi connectivity index (χ4v) is 1.94. The molecule has 0 aromatic carbocycles. The second kappa shape index (κ2) is 11.8. The molecule has 1 N–H and O–H groups in total. The van der Waals surface area contributed by atoms with Gasteiger partial charge in [0.25, 0.3) is 0 Å². The molecule has 1 aromatic heterocycles. The fraction of sp³-hybridized carbons (Fsp3) is 0.667. The van der Waals surface area contributed by atoms with E-state index in [2.05, 4.69) is 15.2 Å². The zero-order chi connectivity index (χ0) is 14.5. The third kappa shape index (κ3) is 8.22. The molecule has 0 unspecified atom stereocenters. The van der Waals surface area contributed by atoms with Crippen LogP contribution in [0.15, 0.2) is 24.4 Å². The number of nitrogens with one attached hydrogen (secondary N) is 1. The van der Waals surface area contributed by atoms with Gasteiger partial charge in [-0.2, -0.15) is 0 Å². The number of hydrogen-bond acceptors (Lipinski definition) is 5. The lowest BCUT2D eigenvalue weighted by molar-refractivity contribution is 0.133. The molecular formula is C15H27N3O2. The van der Waals surface area contributed by atoms with Gasteiger partial charge in [0.05, 0.1) is 12.3 Å². The Labute approximate surface area is 122 Å². The van der Waals surface area contributed by atoms with E-state index < -0.39 is 0 Å². The van der Waals surface area contributed by atoms with E-state index in [1.807, 2.05) is 24.4 Å². The lowest BCUT2D eigenvalue weighted by atomic mass is 10.3. The molecule has 1 heterocycles. The van der Waals surface area contributed by atoms with Gasteiger partial charge in [0.15, 0.2) is 0 Å². The molecule has 0 bridgehead atoms. The van der Waals surface area contributed by atoms with Gasteiger partial charge in [-0.3, -0.25) is 9.88 Å². The van der Waals surface area contributed by atoms with Crippen LogP contribution in [0.1, 0.15) is 12.1 Å². The Morgan fingerprint density at radius 2 is 1.95 bits per heavy atom. The van der Waals surface area contributed by atoms with Gasteiger partial charge in [-0.25, -0.2) is 0 Å². The number of pyridine rings is 1. The second-order valence-electron chi connectivity index (χ2n) is 4.68. The predicted octanol–water partition coefficient (Wildman–Crippen LogP) is 1.16. The van der Waals surface area contributed by atoms with Crippen molar-refractivity contribution in [3.63, 3.8) is 0 Å². The van der Waals surface area contributed by atoms with Crippen molar-refractivity contribution in [2.45, 2.75) is 13.0 Å².